The topological polar surface area (TPSA) is 84.9 Å². The highest BCUT2D eigenvalue weighted by Gasteiger charge is 2.11. The number of fused-ring (bicyclic) bond motifs is 1. The number of H-pyrrole nitrogens is 1. The lowest BCUT2D eigenvalue weighted by Crippen LogP contribution is -2.09. The molecule has 0 radical (unpaired) electrons. The lowest BCUT2D eigenvalue weighted by atomic mass is 10.0. The molecule has 4 rings (SSSR count). The molecule has 118 valence electrons. The molecule has 4 aromatic rings. The number of nitrogens with two attached hydrogens (primary N) is 1. The van der Waals surface area contributed by atoms with Gasteiger partial charge < -0.3 is 15.2 Å². The van der Waals surface area contributed by atoms with E-state index in [0.29, 0.717) is 5.69 Å². The SMILES string of the molecule is NC(=O)c1cc(-c2ccc(Cc3c[nH]c4ccccc34)cc2)no1. The quantitative estimate of drug-likeness (QED) is 0.604. The van der Waals surface area contributed by atoms with Crippen molar-refractivity contribution in [1.29, 1.82) is 0 Å². The molecule has 0 saturated heterocycles. The second-order valence-corrected chi connectivity index (χ2v) is 5.67. The Morgan fingerprint density at radius 1 is 1.12 bits per heavy atom. The van der Waals surface area contributed by atoms with E-state index in [9.17, 15) is 4.79 Å². The van der Waals surface area contributed by atoms with E-state index in [-0.39, 0.29) is 5.76 Å². The van der Waals surface area contributed by atoms with Crippen molar-refractivity contribution in [2.45, 2.75) is 6.42 Å². The van der Waals surface area contributed by atoms with E-state index in [4.69, 9.17) is 10.3 Å². The van der Waals surface area contributed by atoms with Gasteiger partial charge in [0.05, 0.1) is 0 Å². The molecule has 2 aromatic carbocycles. The first-order chi connectivity index (χ1) is 11.7. The highest BCUT2D eigenvalue weighted by molar-refractivity contribution is 5.90. The van der Waals surface area contributed by atoms with Gasteiger partial charge >= 0.3 is 0 Å². The van der Waals surface area contributed by atoms with Crippen LogP contribution in [0.5, 0.6) is 0 Å². The second-order valence-electron chi connectivity index (χ2n) is 5.67. The number of carbonyl (C=O) groups is 1. The second kappa shape index (κ2) is 5.70. The lowest BCUT2D eigenvalue weighted by Gasteiger charge is -2.02. The summed E-state index contributed by atoms with van der Waals surface area (Å²) in [7, 11) is 0. The molecule has 0 atom stereocenters. The summed E-state index contributed by atoms with van der Waals surface area (Å²) in [4.78, 5) is 14.4. The molecule has 2 heterocycles. The van der Waals surface area contributed by atoms with Crippen LogP contribution in [0.15, 0.2) is 65.3 Å². The van der Waals surface area contributed by atoms with E-state index in [1.165, 1.54) is 16.5 Å². The van der Waals surface area contributed by atoms with Crippen LogP contribution in [-0.4, -0.2) is 16.0 Å². The normalized spacial score (nSPS) is 11.0. The molecule has 0 unspecified atom stereocenters. The zero-order valence-corrected chi connectivity index (χ0v) is 12.8. The molecule has 0 aliphatic heterocycles. The molecule has 5 heteroatoms. The Labute approximate surface area is 138 Å². The van der Waals surface area contributed by atoms with Crippen molar-refractivity contribution >= 4 is 16.8 Å². The van der Waals surface area contributed by atoms with Crippen LogP contribution in [0.25, 0.3) is 22.2 Å². The molecular weight excluding hydrogens is 302 g/mol. The van der Waals surface area contributed by atoms with Gasteiger partial charge in [0, 0.05) is 28.7 Å². The average molecular weight is 317 g/mol. The van der Waals surface area contributed by atoms with Crippen LogP contribution >= 0.6 is 0 Å². The molecule has 5 nitrogen and oxygen atoms in total. The molecule has 0 spiro atoms. The average Bonchev–Trinajstić information content (AvgIpc) is 3.24. The van der Waals surface area contributed by atoms with E-state index in [0.717, 1.165) is 17.5 Å². The molecular formula is C19H15N3O2. The first-order valence-electron chi connectivity index (χ1n) is 7.61. The summed E-state index contributed by atoms with van der Waals surface area (Å²) in [5.41, 5.74) is 10.3. The van der Waals surface area contributed by atoms with Gasteiger partial charge in [0.25, 0.3) is 5.91 Å². The van der Waals surface area contributed by atoms with E-state index >= 15 is 0 Å². The summed E-state index contributed by atoms with van der Waals surface area (Å²) in [6, 6.07) is 17.8. The number of benzene rings is 2. The van der Waals surface area contributed by atoms with Crippen LogP contribution in [0, 0.1) is 0 Å². The number of aromatic nitrogens is 2. The number of primary amides is 1. The third-order valence-corrected chi connectivity index (χ3v) is 4.07. The smallest absolute Gasteiger partial charge is 0.287 e. The van der Waals surface area contributed by atoms with E-state index < -0.39 is 5.91 Å². The molecule has 0 saturated carbocycles. The summed E-state index contributed by atoms with van der Waals surface area (Å²) in [6.07, 6.45) is 2.89. The van der Waals surface area contributed by atoms with Gasteiger partial charge in [0.15, 0.2) is 0 Å². The minimum Gasteiger partial charge on any atom is -0.363 e. The van der Waals surface area contributed by atoms with Crippen molar-refractivity contribution in [1.82, 2.24) is 10.1 Å². The van der Waals surface area contributed by atoms with Crippen molar-refractivity contribution in [2.75, 3.05) is 0 Å². The van der Waals surface area contributed by atoms with Gasteiger partial charge in [-0.3, -0.25) is 4.79 Å². The maximum atomic E-state index is 11.1. The fourth-order valence-corrected chi connectivity index (χ4v) is 2.82. The summed E-state index contributed by atoms with van der Waals surface area (Å²) in [5, 5.41) is 5.11. The van der Waals surface area contributed by atoms with Crippen LogP contribution < -0.4 is 5.73 Å². The largest absolute Gasteiger partial charge is 0.363 e. The number of para-hydroxylation sites is 1. The van der Waals surface area contributed by atoms with Gasteiger partial charge in [-0.25, -0.2) is 0 Å². The van der Waals surface area contributed by atoms with Gasteiger partial charge in [-0.15, -0.1) is 0 Å². The third-order valence-electron chi connectivity index (χ3n) is 4.07. The number of nitrogens with one attached hydrogen (secondary N) is 1. The standard InChI is InChI=1S/C19H15N3O2/c20-19(23)18-10-17(22-24-18)13-7-5-12(6-8-13)9-14-11-21-16-4-2-1-3-15(14)16/h1-8,10-11,21H,9H2,(H2,20,23). The predicted molar refractivity (Wildman–Crippen MR) is 91.6 cm³/mol. The van der Waals surface area contributed by atoms with Gasteiger partial charge in [0.2, 0.25) is 5.76 Å². The Balaban J connectivity index is 1.58. The molecule has 0 fully saturated rings. The van der Waals surface area contributed by atoms with Crippen molar-refractivity contribution in [3.63, 3.8) is 0 Å². The number of carbonyl (C=O) groups excluding carboxylic acids is 1. The van der Waals surface area contributed by atoms with Crippen molar-refractivity contribution in [3.05, 3.63) is 77.7 Å². The molecule has 1 amide bonds. The molecule has 0 aliphatic carbocycles. The first-order valence-corrected chi connectivity index (χ1v) is 7.61. The first kappa shape index (κ1) is 14.3. The van der Waals surface area contributed by atoms with Crippen LogP contribution in [0.4, 0.5) is 0 Å². The van der Waals surface area contributed by atoms with Crippen LogP contribution in [0.2, 0.25) is 0 Å². The zero-order chi connectivity index (χ0) is 16.5. The third kappa shape index (κ3) is 2.56. The summed E-state index contributed by atoms with van der Waals surface area (Å²) in [5.74, 6) is -0.558. The zero-order valence-electron chi connectivity index (χ0n) is 12.8. The summed E-state index contributed by atoms with van der Waals surface area (Å²) < 4.78 is 4.92. The van der Waals surface area contributed by atoms with E-state index in [1.807, 2.05) is 24.3 Å². The van der Waals surface area contributed by atoms with Crippen LogP contribution in [0.1, 0.15) is 21.7 Å². The number of hydrogen-bond donors (Lipinski definition) is 2. The van der Waals surface area contributed by atoms with Crippen LogP contribution in [-0.2, 0) is 6.42 Å². The number of aromatic amines is 1. The minimum absolute atomic E-state index is 0.0628. The highest BCUT2D eigenvalue weighted by atomic mass is 16.5. The molecule has 0 aliphatic rings. The van der Waals surface area contributed by atoms with Crippen molar-refractivity contribution in [2.24, 2.45) is 5.73 Å². The van der Waals surface area contributed by atoms with Crippen LogP contribution in [0.3, 0.4) is 0 Å². The number of rotatable bonds is 4. The minimum atomic E-state index is -0.621. The van der Waals surface area contributed by atoms with Gasteiger partial charge in [-0.1, -0.05) is 47.6 Å². The number of nitrogens with zero attached hydrogens (tertiary/aromatic N) is 1. The Morgan fingerprint density at radius 3 is 2.67 bits per heavy atom. The molecule has 2 aromatic heterocycles. The monoisotopic (exact) mass is 317 g/mol. The Bertz CT molecular complexity index is 1010. The highest BCUT2D eigenvalue weighted by Crippen LogP contribution is 2.23. The van der Waals surface area contributed by atoms with Gasteiger partial charge in [0.1, 0.15) is 5.69 Å². The molecule has 24 heavy (non-hydrogen) atoms. The summed E-state index contributed by atoms with van der Waals surface area (Å²) in [6.45, 7) is 0. The maximum Gasteiger partial charge on any atom is 0.287 e. The van der Waals surface area contributed by atoms with Crippen molar-refractivity contribution < 1.29 is 9.32 Å². The van der Waals surface area contributed by atoms with Gasteiger partial charge in [-0.2, -0.15) is 0 Å². The van der Waals surface area contributed by atoms with E-state index in [1.54, 1.807) is 6.07 Å². The van der Waals surface area contributed by atoms with Crippen molar-refractivity contribution in [3.8, 4) is 11.3 Å². The fourth-order valence-electron chi connectivity index (χ4n) is 2.82. The Hall–Kier alpha value is -3.34. The molecule has 3 N–H and O–H groups in total. The maximum absolute atomic E-state index is 11.1. The fraction of sp³-hybridized carbons (Fsp3) is 0.0526. The van der Waals surface area contributed by atoms with Gasteiger partial charge in [-0.05, 0) is 23.6 Å². The lowest BCUT2D eigenvalue weighted by molar-refractivity contribution is 0.0965. The summed E-state index contributed by atoms with van der Waals surface area (Å²) >= 11 is 0. The van der Waals surface area contributed by atoms with E-state index in [2.05, 4.69) is 40.6 Å². The predicted octanol–water partition coefficient (Wildman–Crippen LogP) is 3.51. The Kier molecular flexibility index (Phi) is 3.39. The number of hydrogen-bond acceptors (Lipinski definition) is 3. The molecule has 0 bridgehead atoms. The Morgan fingerprint density at radius 2 is 1.92 bits per heavy atom. The number of amides is 1.